The first-order chi connectivity index (χ1) is 8.88. The van der Waals surface area contributed by atoms with Crippen molar-refractivity contribution in [2.75, 3.05) is 18.4 Å². The van der Waals surface area contributed by atoms with E-state index in [4.69, 9.17) is 10.5 Å². The highest BCUT2D eigenvalue weighted by Gasteiger charge is 1.98. The summed E-state index contributed by atoms with van der Waals surface area (Å²) in [6, 6.07) is 17.7. The molecule has 0 amide bonds. The summed E-state index contributed by atoms with van der Waals surface area (Å²) in [5.74, 6) is 1.68. The lowest BCUT2D eigenvalue weighted by Gasteiger charge is -2.09. The first-order valence-electron chi connectivity index (χ1n) is 6.15. The predicted molar refractivity (Wildman–Crippen MR) is 75.1 cm³/mol. The standard InChI is InChI=1S/C15H18N2O/c16-10-5-11-17-13-6-4-9-15(12-13)18-14-7-2-1-3-8-14/h1-4,6-9,12,17H,5,10-11,16H2. The fourth-order valence-electron chi connectivity index (χ4n) is 1.63. The Labute approximate surface area is 108 Å². The monoisotopic (exact) mass is 242 g/mol. The number of benzene rings is 2. The molecular formula is C15H18N2O. The van der Waals surface area contributed by atoms with Crippen LogP contribution in [0.5, 0.6) is 11.5 Å². The number of para-hydroxylation sites is 1. The minimum Gasteiger partial charge on any atom is -0.457 e. The first-order valence-corrected chi connectivity index (χ1v) is 6.15. The first kappa shape index (κ1) is 12.5. The van der Waals surface area contributed by atoms with E-state index < -0.39 is 0 Å². The zero-order valence-electron chi connectivity index (χ0n) is 10.3. The van der Waals surface area contributed by atoms with E-state index in [2.05, 4.69) is 5.32 Å². The number of anilines is 1. The lowest BCUT2D eigenvalue weighted by molar-refractivity contribution is 0.483. The van der Waals surface area contributed by atoms with Gasteiger partial charge in [-0.25, -0.2) is 0 Å². The summed E-state index contributed by atoms with van der Waals surface area (Å²) in [4.78, 5) is 0. The van der Waals surface area contributed by atoms with Gasteiger partial charge in [0.15, 0.2) is 0 Å². The summed E-state index contributed by atoms with van der Waals surface area (Å²) in [7, 11) is 0. The Balaban J connectivity index is 1.99. The molecule has 0 saturated heterocycles. The van der Waals surface area contributed by atoms with E-state index in [1.807, 2.05) is 54.6 Å². The van der Waals surface area contributed by atoms with Crippen LogP contribution in [0.3, 0.4) is 0 Å². The molecule has 0 aromatic heterocycles. The molecule has 2 aromatic carbocycles. The number of ether oxygens (including phenoxy) is 1. The largest absolute Gasteiger partial charge is 0.457 e. The van der Waals surface area contributed by atoms with E-state index in [1.165, 1.54) is 0 Å². The summed E-state index contributed by atoms with van der Waals surface area (Å²) in [6.07, 6.45) is 0.962. The summed E-state index contributed by atoms with van der Waals surface area (Å²) in [5, 5.41) is 3.31. The average Bonchev–Trinajstić information content (AvgIpc) is 2.41. The molecule has 3 heteroatoms. The molecular weight excluding hydrogens is 224 g/mol. The van der Waals surface area contributed by atoms with E-state index in [-0.39, 0.29) is 0 Å². The molecule has 2 aromatic rings. The van der Waals surface area contributed by atoms with Crippen molar-refractivity contribution < 1.29 is 4.74 Å². The second-order valence-corrected chi connectivity index (χ2v) is 4.01. The average molecular weight is 242 g/mol. The van der Waals surface area contributed by atoms with Gasteiger partial charge in [-0.3, -0.25) is 0 Å². The van der Waals surface area contributed by atoms with Crippen LogP contribution in [0.4, 0.5) is 5.69 Å². The molecule has 3 N–H and O–H groups in total. The summed E-state index contributed by atoms with van der Waals surface area (Å²) in [6.45, 7) is 1.58. The smallest absolute Gasteiger partial charge is 0.129 e. The molecule has 0 aliphatic carbocycles. The van der Waals surface area contributed by atoms with Crippen molar-refractivity contribution in [3.05, 3.63) is 54.6 Å². The molecule has 0 heterocycles. The van der Waals surface area contributed by atoms with Gasteiger partial charge < -0.3 is 15.8 Å². The van der Waals surface area contributed by atoms with Crippen molar-refractivity contribution in [2.24, 2.45) is 5.73 Å². The van der Waals surface area contributed by atoms with Crippen LogP contribution in [0.1, 0.15) is 6.42 Å². The van der Waals surface area contributed by atoms with Crippen LogP contribution in [0.25, 0.3) is 0 Å². The number of rotatable bonds is 6. The molecule has 0 spiro atoms. The second kappa shape index (κ2) is 6.67. The Hall–Kier alpha value is -2.00. The number of nitrogens with two attached hydrogens (primary N) is 1. The lowest BCUT2D eigenvalue weighted by Crippen LogP contribution is -2.08. The van der Waals surface area contributed by atoms with Gasteiger partial charge in [0.1, 0.15) is 11.5 Å². The van der Waals surface area contributed by atoms with Crippen molar-refractivity contribution in [3.8, 4) is 11.5 Å². The van der Waals surface area contributed by atoms with Crippen molar-refractivity contribution in [1.29, 1.82) is 0 Å². The maximum Gasteiger partial charge on any atom is 0.129 e. The molecule has 2 rings (SSSR count). The molecule has 0 radical (unpaired) electrons. The third-order valence-electron chi connectivity index (χ3n) is 2.52. The van der Waals surface area contributed by atoms with Crippen LogP contribution in [0.15, 0.2) is 54.6 Å². The summed E-state index contributed by atoms with van der Waals surface area (Å²) < 4.78 is 5.76. The van der Waals surface area contributed by atoms with Crippen molar-refractivity contribution in [1.82, 2.24) is 0 Å². The van der Waals surface area contributed by atoms with Crippen LogP contribution >= 0.6 is 0 Å². The molecule has 0 fully saturated rings. The summed E-state index contributed by atoms with van der Waals surface area (Å²) >= 11 is 0. The molecule has 0 aliphatic rings. The van der Waals surface area contributed by atoms with E-state index >= 15 is 0 Å². The van der Waals surface area contributed by atoms with Gasteiger partial charge in [-0.15, -0.1) is 0 Å². The Morgan fingerprint density at radius 2 is 1.72 bits per heavy atom. The zero-order chi connectivity index (χ0) is 12.6. The minimum atomic E-state index is 0.702. The van der Waals surface area contributed by atoms with Gasteiger partial charge in [0.25, 0.3) is 0 Å². The Morgan fingerprint density at radius 1 is 0.944 bits per heavy atom. The highest BCUT2D eigenvalue weighted by atomic mass is 16.5. The maximum atomic E-state index is 5.76. The number of hydrogen-bond donors (Lipinski definition) is 2. The van der Waals surface area contributed by atoms with Crippen LogP contribution in [0, 0.1) is 0 Å². The molecule has 0 unspecified atom stereocenters. The topological polar surface area (TPSA) is 47.3 Å². The van der Waals surface area contributed by atoms with Crippen molar-refractivity contribution >= 4 is 5.69 Å². The van der Waals surface area contributed by atoms with Gasteiger partial charge in [0.05, 0.1) is 0 Å². The fourth-order valence-corrected chi connectivity index (χ4v) is 1.63. The number of hydrogen-bond acceptors (Lipinski definition) is 3. The fraction of sp³-hybridized carbons (Fsp3) is 0.200. The van der Waals surface area contributed by atoms with Gasteiger partial charge >= 0.3 is 0 Å². The molecule has 94 valence electrons. The predicted octanol–water partition coefficient (Wildman–Crippen LogP) is 3.24. The van der Waals surface area contributed by atoms with E-state index in [1.54, 1.807) is 0 Å². The quantitative estimate of drug-likeness (QED) is 0.764. The van der Waals surface area contributed by atoms with E-state index in [0.717, 1.165) is 30.2 Å². The molecule has 0 saturated carbocycles. The van der Waals surface area contributed by atoms with E-state index in [9.17, 15) is 0 Å². The van der Waals surface area contributed by atoms with Gasteiger partial charge in [-0.1, -0.05) is 24.3 Å². The van der Waals surface area contributed by atoms with Crippen LogP contribution < -0.4 is 15.8 Å². The Kier molecular flexibility index (Phi) is 4.61. The van der Waals surface area contributed by atoms with Gasteiger partial charge in [-0.05, 0) is 37.2 Å². The van der Waals surface area contributed by atoms with Crippen molar-refractivity contribution in [3.63, 3.8) is 0 Å². The molecule has 0 aliphatic heterocycles. The zero-order valence-corrected chi connectivity index (χ0v) is 10.3. The van der Waals surface area contributed by atoms with Gasteiger partial charge in [-0.2, -0.15) is 0 Å². The van der Waals surface area contributed by atoms with Crippen LogP contribution in [-0.4, -0.2) is 13.1 Å². The summed E-state index contributed by atoms with van der Waals surface area (Å²) in [5.41, 5.74) is 6.51. The minimum absolute atomic E-state index is 0.702. The van der Waals surface area contributed by atoms with Crippen LogP contribution in [0.2, 0.25) is 0 Å². The Morgan fingerprint density at radius 3 is 2.50 bits per heavy atom. The molecule has 0 bridgehead atoms. The maximum absolute atomic E-state index is 5.76. The van der Waals surface area contributed by atoms with E-state index in [0.29, 0.717) is 6.54 Å². The molecule has 3 nitrogen and oxygen atoms in total. The van der Waals surface area contributed by atoms with Gasteiger partial charge in [0.2, 0.25) is 0 Å². The van der Waals surface area contributed by atoms with Gasteiger partial charge in [0, 0.05) is 18.3 Å². The third kappa shape index (κ3) is 3.79. The van der Waals surface area contributed by atoms with Crippen LogP contribution in [-0.2, 0) is 0 Å². The SMILES string of the molecule is NCCCNc1cccc(Oc2ccccc2)c1. The highest BCUT2D eigenvalue weighted by molar-refractivity contribution is 5.49. The highest BCUT2D eigenvalue weighted by Crippen LogP contribution is 2.23. The normalized spacial score (nSPS) is 10.1. The Bertz CT molecular complexity index is 471. The lowest BCUT2D eigenvalue weighted by atomic mass is 10.3. The third-order valence-corrected chi connectivity index (χ3v) is 2.52. The number of nitrogens with one attached hydrogen (secondary N) is 1. The van der Waals surface area contributed by atoms with Crippen molar-refractivity contribution in [2.45, 2.75) is 6.42 Å². The second-order valence-electron chi connectivity index (χ2n) is 4.01. The molecule has 18 heavy (non-hydrogen) atoms. The molecule has 0 atom stereocenters.